The second-order valence-electron chi connectivity index (χ2n) is 4.55. The van der Waals surface area contributed by atoms with Crippen molar-refractivity contribution in [1.82, 2.24) is 5.32 Å². The summed E-state index contributed by atoms with van der Waals surface area (Å²) in [6, 6.07) is 5.70. The highest BCUT2D eigenvalue weighted by molar-refractivity contribution is 5.94. The normalized spacial score (nSPS) is 12.2. The molecule has 0 saturated carbocycles. The van der Waals surface area contributed by atoms with Crippen molar-refractivity contribution in [3.63, 3.8) is 0 Å². The average molecular weight is 235 g/mol. The van der Waals surface area contributed by atoms with Crippen LogP contribution in [-0.2, 0) is 0 Å². The van der Waals surface area contributed by atoms with Crippen LogP contribution < -0.4 is 5.32 Å². The molecule has 0 aliphatic carbocycles. The van der Waals surface area contributed by atoms with Crippen LogP contribution in [0.15, 0.2) is 18.2 Å². The predicted octanol–water partition coefficient (Wildman–Crippen LogP) is 2.19. The molecule has 0 aliphatic rings. The summed E-state index contributed by atoms with van der Waals surface area (Å²) in [7, 11) is 0. The van der Waals surface area contributed by atoms with Crippen molar-refractivity contribution < 1.29 is 9.90 Å². The van der Waals surface area contributed by atoms with Crippen molar-refractivity contribution in [3.05, 3.63) is 34.9 Å². The van der Waals surface area contributed by atoms with Crippen molar-refractivity contribution in [1.29, 1.82) is 0 Å². The first-order valence-corrected chi connectivity index (χ1v) is 6.04. The zero-order valence-corrected chi connectivity index (χ0v) is 10.8. The van der Waals surface area contributed by atoms with E-state index >= 15 is 0 Å². The molecule has 1 unspecified atom stereocenters. The molecule has 1 aromatic rings. The highest BCUT2D eigenvalue weighted by atomic mass is 16.3. The maximum atomic E-state index is 11.8. The van der Waals surface area contributed by atoms with E-state index in [-0.39, 0.29) is 12.0 Å². The smallest absolute Gasteiger partial charge is 0.251 e. The van der Waals surface area contributed by atoms with Gasteiger partial charge >= 0.3 is 0 Å². The highest BCUT2D eigenvalue weighted by Gasteiger charge is 2.05. The largest absolute Gasteiger partial charge is 0.393 e. The number of benzene rings is 1. The number of aliphatic hydroxyl groups excluding tert-OH is 1. The van der Waals surface area contributed by atoms with Gasteiger partial charge in [0.15, 0.2) is 0 Å². The predicted molar refractivity (Wildman–Crippen MR) is 69.2 cm³/mol. The summed E-state index contributed by atoms with van der Waals surface area (Å²) < 4.78 is 0. The Morgan fingerprint density at radius 3 is 2.65 bits per heavy atom. The van der Waals surface area contributed by atoms with E-state index in [9.17, 15) is 4.79 Å². The third kappa shape index (κ3) is 4.57. The number of aliphatic hydroxyl groups is 1. The Morgan fingerprint density at radius 1 is 1.35 bits per heavy atom. The molecule has 0 aliphatic heterocycles. The maximum absolute atomic E-state index is 11.8. The second-order valence-corrected chi connectivity index (χ2v) is 4.55. The zero-order chi connectivity index (χ0) is 12.8. The third-order valence-corrected chi connectivity index (χ3v) is 2.85. The van der Waals surface area contributed by atoms with Gasteiger partial charge in [0, 0.05) is 12.1 Å². The number of carbonyl (C=O) groups excluding carboxylic acids is 1. The lowest BCUT2D eigenvalue weighted by Gasteiger charge is -2.08. The molecule has 3 heteroatoms. The van der Waals surface area contributed by atoms with Crippen molar-refractivity contribution >= 4 is 5.91 Å². The molecular weight excluding hydrogens is 214 g/mol. The van der Waals surface area contributed by atoms with E-state index < -0.39 is 0 Å². The zero-order valence-electron chi connectivity index (χ0n) is 10.8. The molecule has 0 heterocycles. The van der Waals surface area contributed by atoms with E-state index in [0.717, 1.165) is 12.0 Å². The van der Waals surface area contributed by atoms with Gasteiger partial charge in [-0.3, -0.25) is 4.79 Å². The molecule has 0 fully saturated rings. The fourth-order valence-electron chi connectivity index (χ4n) is 1.58. The van der Waals surface area contributed by atoms with Crippen molar-refractivity contribution in [2.75, 3.05) is 6.54 Å². The molecule has 3 nitrogen and oxygen atoms in total. The summed E-state index contributed by atoms with van der Waals surface area (Å²) in [5.74, 6) is -0.0429. The molecular formula is C14H21NO2. The van der Waals surface area contributed by atoms with Gasteiger partial charge in [0.1, 0.15) is 0 Å². The van der Waals surface area contributed by atoms with Gasteiger partial charge in [-0.1, -0.05) is 6.07 Å². The minimum atomic E-state index is -0.298. The van der Waals surface area contributed by atoms with E-state index in [0.29, 0.717) is 18.5 Å². The number of carbonyl (C=O) groups is 1. The SMILES string of the molecule is Cc1ccc(C(=O)NCCCC(C)O)cc1C. The first kappa shape index (κ1) is 13.7. The summed E-state index contributed by atoms with van der Waals surface area (Å²) in [5.41, 5.74) is 3.02. The van der Waals surface area contributed by atoms with Gasteiger partial charge in [0.2, 0.25) is 0 Å². The van der Waals surface area contributed by atoms with Gasteiger partial charge in [-0.2, -0.15) is 0 Å². The number of hydrogen-bond donors (Lipinski definition) is 2. The lowest BCUT2D eigenvalue weighted by molar-refractivity contribution is 0.0949. The molecule has 2 N–H and O–H groups in total. The Kier molecular flexibility index (Phi) is 5.16. The van der Waals surface area contributed by atoms with Crippen molar-refractivity contribution in [2.24, 2.45) is 0 Å². The lowest BCUT2D eigenvalue weighted by atomic mass is 10.1. The van der Waals surface area contributed by atoms with Gasteiger partial charge in [0.25, 0.3) is 5.91 Å². The van der Waals surface area contributed by atoms with E-state index in [4.69, 9.17) is 5.11 Å². The van der Waals surface area contributed by atoms with E-state index in [1.807, 2.05) is 32.0 Å². The standard InChI is InChI=1S/C14H21NO2/c1-10-6-7-13(9-11(10)2)14(17)15-8-4-5-12(3)16/h6-7,9,12,16H,4-5,8H2,1-3H3,(H,15,17). The van der Waals surface area contributed by atoms with Gasteiger partial charge < -0.3 is 10.4 Å². The lowest BCUT2D eigenvalue weighted by Crippen LogP contribution is -2.25. The molecule has 0 bridgehead atoms. The highest BCUT2D eigenvalue weighted by Crippen LogP contribution is 2.09. The van der Waals surface area contributed by atoms with Crippen molar-refractivity contribution in [3.8, 4) is 0 Å². The monoisotopic (exact) mass is 235 g/mol. The fraction of sp³-hybridized carbons (Fsp3) is 0.500. The quantitative estimate of drug-likeness (QED) is 0.769. The number of rotatable bonds is 5. The fourth-order valence-corrected chi connectivity index (χ4v) is 1.58. The van der Waals surface area contributed by atoms with Gasteiger partial charge in [-0.05, 0) is 56.9 Å². The molecule has 1 amide bonds. The average Bonchev–Trinajstić information content (AvgIpc) is 2.27. The first-order chi connectivity index (χ1) is 8.00. The van der Waals surface area contributed by atoms with E-state index in [2.05, 4.69) is 5.32 Å². The molecule has 17 heavy (non-hydrogen) atoms. The Bertz CT molecular complexity index is 386. The molecule has 94 valence electrons. The van der Waals surface area contributed by atoms with Crippen LogP contribution in [0, 0.1) is 13.8 Å². The molecule has 1 aromatic carbocycles. The van der Waals surface area contributed by atoms with Gasteiger partial charge in [-0.25, -0.2) is 0 Å². The number of hydrogen-bond acceptors (Lipinski definition) is 2. The summed E-state index contributed by atoms with van der Waals surface area (Å²) in [5, 5.41) is 11.9. The van der Waals surface area contributed by atoms with Crippen LogP contribution in [0.3, 0.4) is 0 Å². The van der Waals surface area contributed by atoms with Crippen LogP contribution in [0.25, 0.3) is 0 Å². The Morgan fingerprint density at radius 2 is 2.06 bits per heavy atom. The number of nitrogens with one attached hydrogen (secondary N) is 1. The van der Waals surface area contributed by atoms with Crippen LogP contribution in [-0.4, -0.2) is 23.7 Å². The Balaban J connectivity index is 2.44. The molecule has 0 saturated heterocycles. The van der Waals surface area contributed by atoms with Crippen LogP contribution >= 0.6 is 0 Å². The van der Waals surface area contributed by atoms with Crippen LogP contribution in [0.1, 0.15) is 41.3 Å². The minimum absolute atomic E-state index is 0.0429. The number of amides is 1. The minimum Gasteiger partial charge on any atom is -0.393 e. The topological polar surface area (TPSA) is 49.3 Å². The van der Waals surface area contributed by atoms with Gasteiger partial charge in [-0.15, -0.1) is 0 Å². The molecule has 1 rings (SSSR count). The molecule has 0 radical (unpaired) electrons. The Hall–Kier alpha value is -1.35. The summed E-state index contributed by atoms with van der Waals surface area (Å²) in [6.45, 7) is 6.39. The second kappa shape index (κ2) is 6.40. The van der Waals surface area contributed by atoms with Crippen LogP contribution in [0.4, 0.5) is 0 Å². The first-order valence-electron chi connectivity index (χ1n) is 6.04. The van der Waals surface area contributed by atoms with E-state index in [1.165, 1.54) is 5.56 Å². The van der Waals surface area contributed by atoms with Crippen LogP contribution in [0.2, 0.25) is 0 Å². The summed E-state index contributed by atoms with van der Waals surface area (Å²) in [6.07, 6.45) is 1.22. The van der Waals surface area contributed by atoms with Crippen molar-refractivity contribution in [2.45, 2.75) is 39.7 Å². The maximum Gasteiger partial charge on any atom is 0.251 e. The van der Waals surface area contributed by atoms with Gasteiger partial charge in [0.05, 0.1) is 6.10 Å². The number of aryl methyl sites for hydroxylation is 2. The molecule has 0 spiro atoms. The van der Waals surface area contributed by atoms with Crippen LogP contribution in [0.5, 0.6) is 0 Å². The summed E-state index contributed by atoms with van der Waals surface area (Å²) in [4.78, 5) is 11.8. The molecule has 0 aromatic heterocycles. The van der Waals surface area contributed by atoms with E-state index in [1.54, 1.807) is 6.92 Å². The third-order valence-electron chi connectivity index (χ3n) is 2.85. The summed E-state index contributed by atoms with van der Waals surface area (Å²) >= 11 is 0. The molecule has 1 atom stereocenters. The Labute approximate surface area is 103 Å².